The average molecular weight is 509 g/mol. The number of primary amides is 1. The van der Waals surface area contributed by atoms with Gasteiger partial charge in [-0.25, -0.2) is 0 Å². The SMILES string of the molecule is COc1cccc2c3c([nH]c12)CC[C@](NC(=O)Cc1ccc(Cl)cc1)(C(=O)N1CCC[C@H]1C(N)=O)C3. The van der Waals surface area contributed by atoms with Crippen molar-refractivity contribution in [1.29, 1.82) is 0 Å². The van der Waals surface area contributed by atoms with Crippen molar-refractivity contribution in [2.24, 2.45) is 5.73 Å². The van der Waals surface area contributed by atoms with Gasteiger partial charge in [0.1, 0.15) is 17.3 Å². The maximum absolute atomic E-state index is 14.1. The summed E-state index contributed by atoms with van der Waals surface area (Å²) in [4.78, 5) is 44.5. The van der Waals surface area contributed by atoms with Crippen molar-refractivity contribution in [2.75, 3.05) is 13.7 Å². The van der Waals surface area contributed by atoms with Crippen LogP contribution in [0.3, 0.4) is 0 Å². The summed E-state index contributed by atoms with van der Waals surface area (Å²) in [6.45, 7) is 0.440. The van der Waals surface area contributed by atoms with E-state index in [4.69, 9.17) is 22.1 Å². The van der Waals surface area contributed by atoms with Crippen molar-refractivity contribution >= 4 is 40.2 Å². The summed E-state index contributed by atoms with van der Waals surface area (Å²) < 4.78 is 5.53. The molecule has 188 valence electrons. The standard InChI is InChI=1S/C27H29ClN4O4/c1-36-22-6-2-4-18-19-15-27(12-11-20(19)30-24(18)22,26(35)32-13-3-5-21(32)25(29)34)31-23(33)14-16-7-9-17(28)10-8-16/h2,4,6-10,21,30H,3,5,11-15H2,1H3,(H2,29,34)(H,31,33)/t21-,27+/m0/s1. The van der Waals surface area contributed by atoms with Gasteiger partial charge in [-0.15, -0.1) is 0 Å². The van der Waals surface area contributed by atoms with E-state index in [1.165, 1.54) is 0 Å². The summed E-state index contributed by atoms with van der Waals surface area (Å²) in [5, 5.41) is 4.64. The number of amides is 3. The van der Waals surface area contributed by atoms with E-state index in [1.54, 1.807) is 36.3 Å². The molecule has 2 atom stereocenters. The number of carbonyl (C=O) groups excluding carboxylic acids is 3. The molecule has 0 radical (unpaired) electrons. The van der Waals surface area contributed by atoms with Crippen LogP contribution in [-0.2, 0) is 33.6 Å². The van der Waals surface area contributed by atoms with Gasteiger partial charge < -0.3 is 25.7 Å². The second-order valence-electron chi connectivity index (χ2n) is 9.63. The molecule has 4 N–H and O–H groups in total. The number of nitrogens with one attached hydrogen (secondary N) is 2. The molecule has 0 bridgehead atoms. The molecule has 1 aliphatic carbocycles. The molecule has 5 rings (SSSR count). The first kappa shape index (κ1) is 24.2. The van der Waals surface area contributed by atoms with Gasteiger partial charge in [-0.3, -0.25) is 14.4 Å². The van der Waals surface area contributed by atoms with E-state index >= 15 is 0 Å². The summed E-state index contributed by atoms with van der Waals surface area (Å²) in [5.41, 5.74) is 8.11. The van der Waals surface area contributed by atoms with E-state index in [-0.39, 0.29) is 18.2 Å². The molecular weight excluding hydrogens is 480 g/mol. The van der Waals surface area contributed by atoms with E-state index in [0.29, 0.717) is 43.7 Å². The number of likely N-dealkylation sites (tertiary alicyclic amines) is 1. The fourth-order valence-corrected chi connectivity index (χ4v) is 5.76. The molecule has 1 aromatic heterocycles. The van der Waals surface area contributed by atoms with Gasteiger partial charge in [0.05, 0.1) is 19.0 Å². The van der Waals surface area contributed by atoms with E-state index in [9.17, 15) is 14.4 Å². The number of aromatic nitrogens is 1. The van der Waals surface area contributed by atoms with Crippen LogP contribution in [0.5, 0.6) is 5.75 Å². The molecule has 1 saturated heterocycles. The zero-order valence-corrected chi connectivity index (χ0v) is 20.9. The van der Waals surface area contributed by atoms with Crippen LogP contribution in [0.15, 0.2) is 42.5 Å². The first-order chi connectivity index (χ1) is 17.3. The Morgan fingerprint density at radius 3 is 2.72 bits per heavy atom. The Morgan fingerprint density at radius 2 is 2.00 bits per heavy atom. The predicted octanol–water partition coefficient (Wildman–Crippen LogP) is 2.89. The van der Waals surface area contributed by atoms with Crippen LogP contribution < -0.4 is 15.8 Å². The fraction of sp³-hybridized carbons (Fsp3) is 0.370. The van der Waals surface area contributed by atoms with Crippen LogP contribution in [0.2, 0.25) is 5.02 Å². The smallest absolute Gasteiger partial charge is 0.249 e. The number of rotatable bonds is 6. The first-order valence-electron chi connectivity index (χ1n) is 12.1. The quantitative estimate of drug-likeness (QED) is 0.474. The maximum Gasteiger partial charge on any atom is 0.249 e. The minimum absolute atomic E-state index is 0.111. The number of carbonyl (C=O) groups is 3. The lowest BCUT2D eigenvalue weighted by molar-refractivity contribution is -0.145. The molecule has 0 unspecified atom stereocenters. The highest BCUT2D eigenvalue weighted by Gasteiger charge is 2.48. The van der Waals surface area contributed by atoms with Gasteiger partial charge in [0.15, 0.2) is 0 Å². The molecule has 1 fully saturated rings. The van der Waals surface area contributed by atoms with Crippen molar-refractivity contribution in [3.63, 3.8) is 0 Å². The second kappa shape index (κ2) is 9.50. The second-order valence-corrected chi connectivity index (χ2v) is 10.1. The van der Waals surface area contributed by atoms with E-state index in [2.05, 4.69) is 10.3 Å². The number of hydrogen-bond acceptors (Lipinski definition) is 4. The summed E-state index contributed by atoms with van der Waals surface area (Å²) in [5.74, 6) is -0.312. The molecule has 36 heavy (non-hydrogen) atoms. The predicted molar refractivity (Wildman–Crippen MR) is 137 cm³/mol. The summed E-state index contributed by atoms with van der Waals surface area (Å²) in [6.07, 6.45) is 2.62. The Kier molecular flexibility index (Phi) is 6.38. The number of aryl methyl sites for hydroxylation is 1. The van der Waals surface area contributed by atoms with Crippen molar-refractivity contribution in [3.05, 3.63) is 64.3 Å². The molecule has 2 heterocycles. The Balaban J connectivity index is 1.51. The van der Waals surface area contributed by atoms with E-state index < -0.39 is 17.5 Å². The summed E-state index contributed by atoms with van der Waals surface area (Å²) in [6, 6.07) is 12.2. The number of halogens is 1. The Labute approximate surface area is 214 Å². The Bertz CT molecular complexity index is 1340. The third-order valence-corrected chi connectivity index (χ3v) is 7.65. The van der Waals surface area contributed by atoms with Crippen molar-refractivity contribution in [2.45, 2.75) is 50.1 Å². The van der Waals surface area contributed by atoms with Gasteiger partial charge >= 0.3 is 0 Å². The number of methoxy groups -OCH3 is 1. The van der Waals surface area contributed by atoms with E-state index in [1.807, 2.05) is 18.2 Å². The highest BCUT2D eigenvalue weighted by atomic mass is 35.5. The molecule has 3 amide bonds. The first-order valence-corrected chi connectivity index (χ1v) is 12.5. The van der Waals surface area contributed by atoms with Gasteiger partial charge in [-0.1, -0.05) is 35.9 Å². The summed E-state index contributed by atoms with van der Waals surface area (Å²) in [7, 11) is 1.62. The lowest BCUT2D eigenvalue weighted by atomic mass is 9.78. The van der Waals surface area contributed by atoms with Gasteiger partial charge in [0, 0.05) is 29.1 Å². The average Bonchev–Trinajstić information content (AvgIpc) is 3.50. The molecule has 0 saturated carbocycles. The number of H-pyrrole nitrogens is 1. The minimum Gasteiger partial charge on any atom is -0.495 e. The van der Waals surface area contributed by atoms with Gasteiger partial charge in [-0.05, 0) is 55.0 Å². The highest BCUT2D eigenvalue weighted by molar-refractivity contribution is 6.30. The van der Waals surface area contributed by atoms with Crippen LogP contribution in [0.25, 0.3) is 10.9 Å². The number of hydrogen-bond donors (Lipinski definition) is 3. The van der Waals surface area contributed by atoms with Gasteiger partial charge in [-0.2, -0.15) is 0 Å². The molecule has 9 heteroatoms. The number of nitrogens with two attached hydrogens (primary N) is 1. The normalized spacial score (nSPS) is 21.3. The van der Waals surface area contributed by atoms with Crippen LogP contribution >= 0.6 is 11.6 Å². The summed E-state index contributed by atoms with van der Waals surface area (Å²) >= 11 is 5.99. The van der Waals surface area contributed by atoms with Crippen molar-refractivity contribution in [1.82, 2.24) is 15.2 Å². The maximum atomic E-state index is 14.1. The fourth-order valence-electron chi connectivity index (χ4n) is 5.64. The Morgan fingerprint density at radius 1 is 1.22 bits per heavy atom. The number of fused-ring (bicyclic) bond motifs is 3. The van der Waals surface area contributed by atoms with Crippen molar-refractivity contribution < 1.29 is 19.1 Å². The van der Waals surface area contributed by atoms with Gasteiger partial charge in [0.2, 0.25) is 17.7 Å². The number of para-hydroxylation sites is 1. The number of aromatic amines is 1. The zero-order chi connectivity index (χ0) is 25.4. The number of nitrogens with zero attached hydrogens (tertiary/aromatic N) is 1. The molecule has 2 aromatic carbocycles. The monoisotopic (exact) mass is 508 g/mol. The van der Waals surface area contributed by atoms with Crippen LogP contribution in [0.4, 0.5) is 0 Å². The van der Waals surface area contributed by atoms with Crippen LogP contribution in [0.1, 0.15) is 36.1 Å². The third-order valence-electron chi connectivity index (χ3n) is 7.40. The largest absolute Gasteiger partial charge is 0.495 e. The molecule has 0 spiro atoms. The lowest BCUT2D eigenvalue weighted by Crippen LogP contribution is -2.64. The van der Waals surface area contributed by atoms with Crippen LogP contribution in [-0.4, -0.2) is 52.8 Å². The molecule has 2 aliphatic rings. The molecule has 8 nitrogen and oxygen atoms in total. The highest BCUT2D eigenvalue weighted by Crippen LogP contribution is 2.38. The Hall–Kier alpha value is -3.52. The van der Waals surface area contributed by atoms with Crippen LogP contribution in [0, 0.1) is 0 Å². The van der Waals surface area contributed by atoms with E-state index in [0.717, 1.165) is 33.5 Å². The van der Waals surface area contributed by atoms with Crippen molar-refractivity contribution in [3.8, 4) is 5.75 Å². The number of ether oxygens (including phenoxy) is 1. The molecule has 1 aliphatic heterocycles. The lowest BCUT2D eigenvalue weighted by Gasteiger charge is -2.40. The topological polar surface area (TPSA) is 118 Å². The molecular formula is C27H29ClN4O4. The zero-order valence-electron chi connectivity index (χ0n) is 20.1. The molecule has 3 aromatic rings. The third kappa shape index (κ3) is 4.30. The number of benzene rings is 2. The minimum atomic E-state index is -1.19. The van der Waals surface area contributed by atoms with Gasteiger partial charge in [0.25, 0.3) is 0 Å².